The van der Waals surface area contributed by atoms with Gasteiger partial charge in [0.1, 0.15) is 66.2 Å². The van der Waals surface area contributed by atoms with Gasteiger partial charge in [-0.1, -0.05) is 51.7 Å². The van der Waals surface area contributed by atoms with E-state index in [0.717, 1.165) is 30.3 Å². The fraction of sp³-hybridized carbons (Fsp3) is 0.676. The SMILES string of the molecule is CCCCN(CCN(CCN(CCN(CCCC)CC(=O)O)CC(=O)NCCCCCCOP(=O)(O)OC[C@H]1O[C@@H](n2ccc(N)nc2=O)C[C@H]1OP(=O)(O)OC[C@H]1O[C@@H](n2cnc3c(N(C)C)ncnc32)[C@@H](O)C1NC(=O)[C@H](Cc1ccc(OC)cc1)NC(=O)[C@@H](CCCNC(C)=O)NC(=O)OC(C)(C)C)CC(=O)O)CC(=O)O. The van der Waals surface area contributed by atoms with Crippen LogP contribution in [0.15, 0.2) is 54.0 Å². The molecular formula is C71H115N17O25P2. The van der Waals surface area contributed by atoms with Crippen LogP contribution < -0.4 is 47.6 Å². The molecule has 0 saturated carbocycles. The van der Waals surface area contributed by atoms with Gasteiger partial charge in [-0.3, -0.25) is 80.4 Å². The number of hydrogen-bond acceptors (Lipinski definition) is 30. The first-order chi connectivity index (χ1) is 54.4. The number of amides is 5. The molecule has 0 bridgehead atoms. The van der Waals surface area contributed by atoms with Crippen molar-refractivity contribution >= 4 is 86.1 Å². The number of rotatable bonds is 54. The third-order valence-corrected chi connectivity index (χ3v) is 20.4. The Hall–Kier alpha value is -8.45. The number of benzene rings is 1. The summed E-state index contributed by atoms with van der Waals surface area (Å²) in [7, 11) is -5.49. The van der Waals surface area contributed by atoms with Crippen LogP contribution in [0.5, 0.6) is 5.75 Å². The Bertz CT molecular complexity index is 3950. The van der Waals surface area contributed by atoms with Crippen molar-refractivity contribution in [3.05, 3.63) is 65.2 Å². The van der Waals surface area contributed by atoms with Crippen LogP contribution in [0.1, 0.15) is 130 Å². The van der Waals surface area contributed by atoms with Gasteiger partial charge in [-0.15, -0.1) is 0 Å². The number of nitrogens with zero attached hydrogens (tertiary/aromatic N) is 11. The number of alkyl carbamates (subject to hydrolysis) is 1. The molecule has 2 aliphatic rings. The fourth-order valence-corrected chi connectivity index (χ4v) is 14.3. The second kappa shape index (κ2) is 47.1. The first kappa shape index (κ1) is 95.4. The van der Waals surface area contributed by atoms with Gasteiger partial charge in [0, 0.05) is 92.4 Å². The van der Waals surface area contributed by atoms with Gasteiger partial charge in [-0.05, 0) is 96.1 Å². The summed E-state index contributed by atoms with van der Waals surface area (Å²) in [6.45, 7) is 10.2. The van der Waals surface area contributed by atoms with E-state index in [1.807, 2.05) is 18.7 Å². The van der Waals surface area contributed by atoms with E-state index in [1.54, 1.807) is 78.7 Å². The Balaban J connectivity index is 1.12. The van der Waals surface area contributed by atoms with Crippen molar-refractivity contribution in [2.45, 2.75) is 179 Å². The van der Waals surface area contributed by atoms with Crippen molar-refractivity contribution in [1.29, 1.82) is 0 Å². The van der Waals surface area contributed by atoms with E-state index >= 15 is 4.79 Å². The van der Waals surface area contributed by atoms with Crippen molar-refractivity contribution in [1.82, 2.24) is 75.3 Å². The van der Waals surface area contributed by atoms with Crippen molar-refractivity contribution in [3.8, 4) is 5.75 Å². The minimum atomic E-state index is -5.43. The van der Waals surface area contributed by atoms with E-state index in [2.05, 4.69) is 46.5 Å². The number of carbonyl (C=O) groups is 8. The molecule has 44 heteroatoms. The molecule has 0 spiro atoms. The number of carboxylic acid groups (broad SMARTS) is 3. The maximum atomic E-state index is 15.0. The second-order valence-corrected chi connectivity index (χ2v) is 32.0. The van der Waals surface area contributed by atoms with E-state index in [4.69, 9.17) is 42.8 Å². The predicted octanol–water partition coefficient (Wildman–Crippen LogP) is 1.68. The lowest BCUT2D eigenvalue weighted by molar-refractivity contribution is -0.140. The molecule has 3 unspecified atom stereocenters. The van der Waals surface area contributed by atoms with Crippen molar-refractivity contribution in [3.63, 3.8) is 0 Å². The molecule has 42 nitrogen and oxygen atoms in total. The number of anilines is 2. The highest BCUT2D eigenvalue weighted by molar-refractivity contribution is 7.47. The molecular weight excluding hydrogens is 1550 g/mol. The third kappa shape index (κ3) is 33.6. The summed E-state index contributed by atoms with van der Waals surface area (Å²) in [4.78, 5) is 164. The summed E-state index contributed by atoms with van der Waals surface area (Å²) < 4.78 is 75.5. The van der Waals surface area contributed by atoms with Gasteiger partial charge in [-0.25, -0.2) is 33.7 Å². The van der Waals surface area contributed by atoms with Crippen LogP contribution in [0.2, 0.25) is 0 Å². The summed E-state index contributed by atoms with van der Waals surface area (Å²) in [6.07, 6.45) is -1.99. The largest absolute Gasteiger partial charge is 0.497 e. The number of aliphatic hydroxyl groups is 1. The number of fused-ring (bicyclic) bond motifs is 1. The van der Waals surface area contributed by atoms with Gasteiger partial charge >= 0.3 is 45.3 Å². The molecule has 1 aromatic carbocycles. The van der Waals surface area contributed by atoms with Crippen molar-refractivity contribution in [2.24, 2.45) is 0 Å². The average Bonchev–Trinajstić information content (AvgIpc) is 1.61. The number of ether oxygens (including phenoxy) is 4. The highest BCUT2D eigenvalue weighted by Crippen LogP contribution is 2.51. The topological polar surface area (TPSA) is 547 Å². The zero-order chi connectivity index (χ0) is 84.6. The van der Waals surface area contributed by atoms with Gasteiger partial charge in [-0.2, -0.15) is 4.98 Å². The molecule has 4 aromatic rings. The number of carboxylic acids is 3. The molecule has 644 valence electrons. The molecule has 13 N–H and O–H groups in total. The molecule has 6 rings (SSSR count). The van der Waals surface area contributed by atoms with Crippen LogP contribution in [0.3, 0.4) is 0 Å². The zero-order valence-electron chi connectivity index (χ0n) is 66.7. The molecule has 0 radical (unpaired) electrons. The van der Waals surface area contributed by atoms with Crippen LogP contribution in [0.4, 0.5) is 16.4 Å². The highest BCUT2D eigenvalue weighted by atomic mass is 31.2. The van der Waals surface area contributed by atoms with Crippen LogP contribution in [0.25, 0.3) is 11.2 Å². The molecule has 5 amide bonds. The quantitative estimate of drug-likeness (QED) is 0.0221. The lowest BCUT2D eigenvalue weighted by Crippen LogP contribution is -2.58. The van der Waals surface area contributed by atoms with Gasteiger partial charge < -0.3 is 86.4 Å². The number of unbranched alkanes of at least 4 members (excludes halogenated alkanes) is 5. The Morgan fingerprint density at radius 3 is 1.84 bits per heavy atom. The van der Waals surface area contributed by atoms with Gasteiger partial charge in [0.2, 0.25) is 23.6 Å². The molecule has 115 heavy (non-hydrogen) atoms. The number of methoxy groups -OCH3 is 1. The number of aliphatic hydroxyl groups excluding tert-OH is 1. The first-order valence-corrected chi connectivity index (χ1v) is 41.2. The number of aliphatic carboxylic acids is 3. The Kier molecular flexibility index (Phi) is 39.1. The van der Waals surface area contributed by atoms with E-state index in [0.29, 0.717) is 62.6 Å². The normalized spacial score (nSPS) is 19.2. The smallest absolute Gasteiger partial charge is 0.472 e. The van der Waals surface area contributed by atoms with Gasteiger partial charge in [0.25, 0.3) is 0 Å². The van der Waals surface area contributed by atoms with E-state index in [-0.39, 0.29) is 127 Å². The molecule has 0 aliphatic carbocycles. The molecule has 2 saturated heterocycles. The van der Waals surface area contributed by atoms with E-state index in [9.17, 15) is 77.7 Å². The minimum Gasteiger partial charge on any atom is -0.497 e. The number of imidazole rings is 1. The van der Waals surface area contributed by atoms with Crippen LogP contribution in [-0.4, -0.2) is 307 Å². The van der Waals surface area contributed by atoms with Gasteiger partial charge in [0.05, 0.1) is 65.5 Å². The molecule has 5 heterocycles. The summed E-state index contributed by atoms with van der Waals surface area (Å²) in [6, 6.07) is 3.40. The fourth-order valence-electron chi connectivity index (χ4n) is 12.5. The third-order valence-electron chi connectivity index (χ3n) is 18.4. The standard InChI is InChI=1S/C71H115N17O25P2/c1-10-12-27-83(40-58(91)92)30-32-85(33-35-86(42-60(95)96)34-31-84(28-13-11-2)41-59(93)94)39-56(90)74-25-16-14-15-17-36-107-114(102,103)108-43-53-52(38-57(110-53)87-29-24-55(72)80-69(87)100)113-115(104,105)109-44-54-61(63(97)68(111-54)88-46-77-62-64(82(7)8)75-45-76-65(62)88)81-67(99)51(37-48-20-22-49(106-9)23-21-48)78-66(98)50(19-18-26-73-47(3)89)79-70(101)112-71(4,5)6/h20-24,29,45-46,50-54,57,61,63,68,97H,10-19,25-28,30-44H2,1-9H3,(H,73,89)(H,74,90)(H,78,98)(H,79,101)(H,81,99)(H,91,92)(H,93,94)(H,95,96)(H,102,103)(H,104,105)(H2,72,80,100)/t50-,51+,52-,53-,54-,57-,61?,63+,68-/m1/s1. The average molecular weight is 1670 g/mol. The first-order valence-electron chi connectivity index (χ1n) is 38.2. The van der Waals surface area contributed by atoms with Crippen LogP contribution in [-0.2, 0) is 81.4 Å². The molecule has 2 aliphatic heterocycles. The van der Waals surface area contributed by atoms with Crippen LogP contribution in [0, 0.1) is 0 Å². The summed E-state index contributed by atoms with van der Waals surface area (Å²) >= 11 is 0. The summed E-state index contributed by atoms with van der Waals surface area (Å²) in [5.41, 5.74) is 4.82. The number of phosphoric acid groups is 2. The van der Waals surface area contributed by atoms with Crippen LogP contribution >= 0.6 is 15.6 Å². The Morgan fingerprint density at radius 1 is 0.687 bits per heavy atom. The zero-order valence-corrected chi connectivity index (χ0v) is 68.4. The number of nitrogen functional groups attached to an aromatic ring is 1. The number of hydrogen-bond donors (Lipinski definition) is 12. The maximum Gasteiger partial charge on any atom is 0.472 e. The molecule has 3 aromatic heterocycles. The number of aromatic nitrogens is 6. The second-order valence-electron chi connectivity index (χ2n) is 29.1. The van der Waals surface area contributed by atoms with E-state index < -0.39 is 137 Å². The summed E-state index contributed by atoms with van der Waals surface area (Å²) in [5, 5.41) is 54.8. The predicted molar refractivity (Wildman–Crippen MR) is 415 cm³/mol. The number of phosphoric ester groups is 2. The minimum absolute atomic E-state index is 0.0401. The maximum absolute atomic E-state index is 15.0. The number of carbonyl (C=O) groups excluding carboxylic acids is 5. The number of nitrogens with two attached hydrogens (primary N) is 1. The Morgan fingerprint density at radius 2 is 1.27 bits per heavy atom. The molecule has 2 fully saturated rings. The lowest BCUT2D eigenvalue weighted by Gasteiger charge is -2.30. The van der Waals surface area contributed by atoms with E-state index in [1.165, 1.54) is 43.5 Å². The summed E-state index contributed by atoms with van der Waals surface area (Å²) in [5.74, 6) is -4.84. The van der Waals surface area contributed by atoms with Crippen molar-refractivity contribution in [2.75, 3.05) is 143 Å². The van der Waals surface area contributed by atoms with Gasteiger partial charge in [0.15, 0.2) is 23.2 Å². The lowest BCUT2D eigenvalue weighted by atomic mass is 10.0. The molecule has 11 atom stereocenters. The number of nitrogens with one attached hydrogen (secondary N) is 5. The van der Waals surface area contributed by atoms with Crippen molar-refractivity contribution < 1.29 is 115 Å². The monoisotopic (exact) mass is 1670 g/mol. The Labute approximate surface area is 666 Å². The highest BCUT2D eigenvalue weighted by Gasteiger charge is 2.49.